The molecule has 0 radical (unpaired) electrons. The molecule has 0 aliphatic rings. The van der Waals surface area contributed by atoms with Gasteiger partial charge in [0.15, 0.2) is 4.34 Å². The molecule has 1 heterocycles. The molecule has 3 rings (SSSR count). The van der Waals surface area contributed by atoms with E-state index in [9.17, 15) is 4.79 Å². The fraction of sp³-hybridized carbons (Fsp3) is 0.118. The second kappa shape index (κ2) is 9.12. The first-order valence-corrected chi connectivity index (χ1v) is 10.6. The van der Waals surface area contributed by atoms with Gasteiger partial charge in [-0.05, 0) is 36.8 Å². The SMILES string of the molecule is Cc1c(Cl)cccc1Nc1nnc(SCC(=O)Nc2c(Cl)cccc2Cl)s1. The highest BCUT2D eigenvalue weighted by Gasteiger charge is 2.12. The number of carbonyl (C=O) groups is 1. The van der Waals surface area contributed by atoms with E-state index in [-0.39, 0.29) is 11.7 Å². The standard InChI is InChI=1S/C17H13Cl3N4OS2/c1-9-10(18)4-3-7-13(9)21-16-23-24-17(27-16)26-8-14(25)22-15-11(19)5-2-6-12(15)20/h2-7H,8H2,1H3,(H,21,23)(H,22,25). The van der Waals surface area contributed by atoms with Crippen LogP contribution in [0.5, 0.6) is 0 Å². The summed E-state index contributed by atoms with van der Waals surface area (Å²) in [6.45, 7) is 1.92. The van der Waals surface area contributed by atoms with Crippen LogP contribution in [0.4, 0.5) is 16.5 Å². The third-order valence-corrected chi connectivity index (χ3v) is 6.48. The molecule has 0 bridgehead atoms. The first-order chi connectivity index (χ1) is 12.9. The van der Waals surface area contributed by atoms with Crippen molar-refractivity contribution in [3.8, 4) is 0 Å². The van der Waals surface area contributed by atoms with Crippen LogP contribution in [-0.4, -0.2) is 21.9 Å². The summed E-state index contributed by atoms with van der Waals surface area (Å²) < 4.78 is 0.664. The van der Waals surface area contributed by atoms with Crippen LogP contribution < -0.4 is 10.6 Å². The van der Waals surface area contributed by atoms with Gasteiger partial charge in [-0.2, -0.15) is 0 Å². The van der Waals surface area contributed by atoms with Crippen LogP contribution in [0, 0.1) is 6.92 Å². The molecule has 140 valence electrons. The Morgan fingerprint density at radius 2 is 1.74 bits per heavy atom. The van der Waals surface area contributed by atoms with E-state index >= 15 is 0 Å². The van der Waals surface area contributed by atoms with Gasteiger partial charge in [-0.3, -0.25) is 4.79 Å². The third-order valence-electron chi connectivity index (χ3n) is 3.47. The maximum atomic E-state index is 12.1. The lowest BCUT2D eigenvalue weighted by Crippen LogP contribution is -2.14. The number of halogens is 3. The number of thioether (sulfide) groups is 1. The normalized spacial score (nSPS) is 10.7. The summed E-state index contributed by atoms with van der Waals surface area (Å²) >= 11 is 20.9. The topological polar surface area (TPSA) is 66.9 Å². The molecule has 1 amide bonds. The quantitative estimate of drug-likeness (QED) is 0.424. The van der Waals surface area contributed by atoms with Gasteiger partial charge in [-0.25, -0.2) is 0 Å². The summed E-state index contributed by atoms with van der Waals surface area (Å²) in [5.41, 5.74) is 2.20. The number of aromatic nitrogens is 2. The molecule has 0 saturated heterocycles. The Morgan fingerprint density at radius 3 is 2.48 bits per heavy atom. The molecule has 0 aliphatic heterocycles. The van der Waals surface area contributed by atoms with E-state index in [0.29, 0.717) is 30.2 Å². The fourth-order valence-corrected chi connectivity index (χ4v) is 4.33. The zero-order valence-electron chi connectivity index (χ0n) is 13.9. The first kappa shape index (κ1) is 20.2. The molecule has 27 heavy (non-hydrogen) atoms. The maximum absolute atomic E-state index is 12.1. The Labute approximate surface area is 179 Å². The number of para-hydroxylation sites is 1. The molecule has 0 aliphatic carbocycles. The van der Waals surface area contributed by atoms with Crippen molar-refractivity contribution in [3.63, 3.8) is 0 Å². The molecule has 10 heteroatoms. The summed E-state index contributed by atoms with van der Waals surface area (Å²) in [6.07, 6.45) is 0. The Hall–Kier alpha value is -1.51. The number of nitrogens with zero attached hydrogens (tertiary/aromatic N) is 2. The van der Waals surface area contributed by atoms with Gasteiger partial charge in [0.2, 0.25) is 11.0 Å². The van der Waals surface area contributed by atoms with E-state index in [4.69, 9.17) is 34.8 Å². The van der Waals surface area contributed by atoms with Crippen molar-refractivity contribution < 1.29 is 4.79 Å². The van der Waals surface area contributed by atoms with Crippen molar-refractivity contribution in [2.45, 2.75) is 11.3 Å². The van der Waals surface area contributed by atoms with Crippen LogP contribution in [0.25, 0.3) is 0 Å². The molecular weight excluding hydrogens is 447 g/mol. The number of amides is 1. The summed E-state index contributed by atoms with van der Waals surface area (Å²) in [6, 6.07) is 10.6. The van der Waals surface area contributed by atoms with Gasteiger partial charge in [-0.15, -0.1) is 10.2 Å². The fourth-order valence-electron chi connectivity index (χ4n) is 2.10. The van der Waals surface area contributed by atoms with Gasteiger partial charge in [0.05, 0.1) is 21.5 Å². The van der Waals surface area contributed by atoms with Crippen LogP contribution >= 0.6 is 57.9 Å². The highest BCUT2D eigenvalue weighted by Crippen LogP contribution is 2.32. The number of benzene rings is 2. The zero-order chi connectivity index (χ0) is 19.4. The van der Waals surface area contributed by atoms with E-state index < -0.39 is 0 Å². The van der Waals surface area contributed by atoms with E-state index in [1.165, 1.54) is 23.1 Å². The van der Waals surface area contributed by atoms with Crippen molar-refractivity contribution in [2.24, 2.45) is 0 Å². The Bertz CT molecular complexity index is 960. The molecule has 0 unspecified atom stereocenters. The number of hydrogen-bond donors (Lipinski definition) is 2. The lowest BCUT2D eigenvalue weighted by Gasteiger charge is -2.08. The van der Waals surface area contributed by atoms with Gasteiger partial charge in [0.1, 0.15) is 0 Å². The minimum atomic E-state index is -0.231. The summed E-state index contributed by atoms with van der Waals surface area (Å²) in [7, 11) is 0. The maximum Gasteiger partial charge on any atom is 0.234 e. The number of carbonyl (C=O) groups excluding carboxylic acids is 1. The lowest BCUT2D eigenvalue weighted by molar-refractivity contribution is -0.113. The van der Waals surface area contributed by atoms with Crippen LogP contribution in [0.1, 0.15) is 5.56 Å². The summed E-state index contributed by atoms with van der Waals surface area (Å²) in [5, 5.41) is 16.1. The van der Waals surface area contributed by atoms with Crippen LogP contribution in [0.2, 0.25) is 15.1 Å². The number of nitrogens with one attached hydrogen (secondary N) is 2. The van der Waals surface area contributed by atoms with E-state index in [2.05, 4.69) is 20.8 Å². The molecule has 5 nitrogen and oxygen atoms in total. The van der Waals surface area contributed by atoms with E-state index in [0.717, 1.165) is 11.3 Å². The first-order valence-electron chi connectivity index (χ1n) is 7.66. The van der Waals surface area contributed by atoms with E-state index in [1.807, 2.05) is 25.1 Å². The van der Waals surface area contributed by atoms with Gasteiger partial charge in [0.25, 0.3) is 0 Å². The molecule has 2 aromatic carbocycles. The number of hydrogen-bond acceptors (Lipinski definition) is 6. The van der Waals surface area contributed by atoms with Crippen molar-refractivity contribution in [1.29, 1.82) is 0 Å². The van der Waals surface area contributed by atoms with Gasteiger partial charge >= 0.3 is 0 Å². The van der Waals surface area contributed by atoms with Gasteiger partial charge in [-0.1, -0.05) is 70.0 Å². The number of rotatable bonds is 6. The molecule has 3 aromatic rings. The highest BCUT2D eigenvalue weighted by molar-refractivity contribution is 8.01. The van der Waals surface area contributed by atoms with Gasteiger partial charge < -0.3 is 10.6 Å². The second-order valence-electron chi connectivity index (χ2n) is 5.34. The Morgan fingerprint density at radius 1 is 1.07 bits per heavy atom. The average molecular weight is 460 g/mol. The Kier molecular flexibility index (Phi) is 6.83. The minimum Gasteiger partial charge on any atom is -0.330 e. The monoisotopic (exact) mass is 458 g/mol. The second-order valence-corrected chi connectivity index (χ2v) is 8.77. The van der Waals surface area contributed by atoms with Gasteiger partial charge in [0, 0.05) is 10.7 Å². The molecule has 0 fully saturated rings. The molecular formula is C17H13Cl3N4OS2. The predicted molar refractivity (Wildman–Crippen MR) is 115 cm³/mol. The average Bonchev–Trinajstić information content (AvgIpc) is 3.08. The molecule has 2 N–H and O–H groups in total. The smallest absolute Gasteiger partial charge is 0.234 e. The zero-order valence-corrected chi connectivity index (χ0v) is 17.8. The van der Waals surface area contributed by atoms with Crippen LogP contribution in [0.15, 0.2) is 40.7 Å². The molecule has 0 spiro atoms. The van der Waals surface area contributed by atoms with Crippen LogP contribution in [-0.2, 0) is 4.79 Å². The van der Waals surface area contributed by atoms with Crippen molar-refractivity contribution in [3.05, 3.63) is 57.0 Å². The number of anilines is 3. The van der Waals surface area contributed by atoms with Crippen LogP contribution in [0.3, 0.4) is 0 Å². The predicted octanol–water partition coefficient (Wildman–Crippen LogP) is 6.28. The molecule has 0 atom stereocenters. The van der Waals surface area contributed by atoms with Crippen molar-refractivity contribution in [2.75, 3.05) is 16.4 Å². The molecule has 1 aromatic heterocycles. The van der Waals surface area contributed by atoms with Crippen molar-refractivity contribution >= 4 is 80.3 Å². The van der Waals surface area contributed by atoms with Crippen molar-refractivity contribution in [1.82, 2.24) is 10.2 Å². The highest BCUT2D eigenvalue weighted by atomic mass is 35.5. The van der Waals surface area contributed by atoms with E-state index in [1.54, 1.807) is 18.2 Å². The lowest BCUT2D eigenvalue weighted by atomic mass is 10.2. The largest absolute Gasteiger partial charge is 0.330 e. The summed E-state index contributed by atoms with van der Waals surface area (Å²) in [5.74, 6) is -0.0720. The Balaban J connectivity index is 1.58. The third kappa shape index (κ3) is 5.27. The minimum absolute atomic E-state index is 0.159. The molecule has 0 saturated carbocycles. The summed E-state index contributed by atoms with van der Waals surface area (Å²) in [4.78, 5) is 12.1.